The molecule has 4 nitrogen and oxygen atoms in total. The fraction of sp³-hybridized carbons (Fsp3) is 1.00. The van der Waals surface area contributed by atoms with Crippen LogP contribution in [0.1, 0.15) is 6.42 Å². The Morgan fingerprint density at radius 2 is 2.00 bits per heavy atom. The molecule has 2 aliphatic carbocycles. The van der Waals surface area contributed by atoms with E-state index in [4.69, 9.17) is 11.5 Å². The van der Waals surface area contributed by atoms with Crippen LogP contribution in [-0.2, 0) is 0 Å². The lowest BCUT2D eigenvalue weighted by Gasteiger charge is -2.20. The van der Waals surface area contributed by atoms with Crippen LogP contribution in [0.4, 0.5) is 0 Å². The first-order chi connectivity index (χ1) is 8.65. The smallest absolute Gasteiger partial charge is 0.0159 e. The SMILES string of the molecule is CN1CC[C@]2(C1)C(CN1C[C@@H]3[C@@H](CN)[C@@H]3C1)[C@@H]2N. The van der Waals surface area contributed by atoms with Gasteiger partial charge in [-0.05, 0) is 50.2 Å². The van der Waals surface area contributed by atoms with Gasteiger partial charge in [-0.3, -0.25) is 0 Å². The fourth-order valence-electron chi connectivity index (χ4n) is 5.06. The van der Waals surface area contributed by atoms with Crippen LogP contribution in [-0.4, -0.2) is 62.2 Å². The lowest BCUT2D eigenvalue weighted by molar-refractivity contribution is 0.255. The Morgan fingerprint density at radius 3 is 2.56 bits per heavy atom. The number of hydrogen-bond donors (Lipinski definition) is 2. The van der Waals surface area contributed by atoms with Gasteiger partial charge in [0.2, 0.25) is 0 Å². The molecule has 4 N–H and O–H groups in total. The van der Waals surface area contributed by atoms with Gasteiger partial charge in [0, 0.05) is 37.6 Å². The summed E-state index contributed by atoms with van der Waals surface area (Å²) < 4.78 is 0. The largest absolute Gasteiger partial charge is 0.330 e. The van der Waals surface area contributed by atoms with Crippen LogP contribution in [0.5, 0.6) is 0 Å². The standard InChI is InChI=1S/C14H26N4/c1-17-3-2-14(8-17)12(13(14)16)7-18-5-10-9(4-15)11(10)6-18/h9-13H,2-8,15-16H2,1H3/t9-,10-,11+,12?,13-,14-/m0/s1. The Morgan fingerprint density at radius 1 is 1.28 bits per heavy atom. The molecule has 2 saturated carbocycles. The number of rotatable bonds is 3. The molecule has 4 aliphatic rings. The zero-order valence-corrected chi connectivity index (χ0v) is 11.4. The van der Waals surface area contributed by atoms with Crippen LogP contribution in [0.3, 0.4) is 0 Å². The van der Waals surface area contributed by atoms with Gasteiger partial charge in [-0.15, -0.1) is 0 Å². The Bertz CT molecular complexity index is 348. The van der Waals surface area contributed by atoms with E-state index in [1.165, 1.54) is 39.1 Å². The minimum absolute atomic E-state index is 0.463. The Hall–Kier alpha value is -0.160. The van der Waals surface area contributed by atoms with Crippen molar-refractivity contribution >= 4 is 0 Å². The topological polar surface area (TPSA) is 58.5 Å². The van der Waals surface area contributed by atoms with E-state index in [0.717, 1.165) is 30.2 Å². The van der Waals surface area contributed by atoms with E-state index >= 15 is 0 Å². The predicted molar refractivity (Wildman–Crippen MR) is 72.0 cm³/mol. The molecule has 1 unspecified atom stereocenters. The maximum absolute atomic E-state index is 6.37. The zero-order valence-electron chi connectivity index (χ0n) is 11.4. The van der Waals surface area contributed by atoms with Gasteiger partial charge < -0.3 is 21.3 Å². The number of piperidine rings is 1. The molecule has 2 saturated heterocycles. The van der Waals surface area contributed by atoms with E-state index < -0.39 is 0 Å². The molecule has 0 bridgehead atoms. The van der Waals surface area contributed by atoms with Gasteiger partial charge in [-0.1, -0.05) is 0 Å². The lowest BCUT2D eigenvalue weighted by Crippen LogP contribution is -2.30. The van der Waals surface area contributed by atoms with Crippen molar-refractivity contribution in [2.45, 2.75) is 12.5 Å². The second kappa shape index (κ2) is 3.69. The van der Waals surface area contributed by atoms with Crippen LogP contribution in [0, 0.1) is 29.1 Å². The fourth-order valence-corrected chi connectivity index (χ4v) is 5.06. The molecular weight excluding hydrogens is 224 g/mol. The Labute approximate surface area is 110 Å². The minimum atomic E-state index is 0.463. The summed E-state index contributed by atoms with van der Waals surface area (Å²) >= 11 is 0. The summed E-state index contributed by atoms with van der Waals surface area (Å²) in [7, 11) is 2.23. The number of likely N-dealkylation sites (tertiary alicyclic amines) is 2. The van der Waals surface area contributed by atoms with Gasteiger partial charge in [0.25, 0.3) is 0 Å². The first-order valence-corrected chi connectivity index (χ1v) is 7.52. The average molecular weight is 250 g/mol. The predicted octanol–water partition coefficient (Wildman–Crippen LogP) is -0.598. The minimum Gasteiger partial charge on any atom is -0.330 e. The molecule has 4 fully saturated rings. The number of hydrogen-bond acceptors (Lipinski definition) is 4. The molecule has 0 aromatic rings. The highest BCUT2D eigenvalue weighted by Crippen LogP contribution is 2.58. The Balaban J connectivity index is 1.33. The second-order valence-corrected chi connectivity index (χ2v) is 7.30. The quantitative estimate of drug-likeness (QED) is 0.702. The van der Waals surface area contributed by atoms with E-state index in [0.29, 0.717) is 11.5 Å². The summed E-state index contributed by atoms with van der Waals surface area (Å²) in [6, 6.07) is 0.463. The van der Waals surface area contributed by atoms with Gasteiger partial charge in [0.05, 0.1) is 0 Å². The highest BCUT2D eigenvalue weighted by Gasteiger charge is 2.65. The summed E-state index contributed by atoms with van der Waals surface area (Å²) in [5.74, 6) is 3.45. The van der Waals surface area contributed by atoms with Crippen molar-refractivity contribution in [2.24, 2.45) is 40.6 Å². The molecular formula is C14H26N4. The molecule has 18 heavy (non-hydrogen) atoms. The third-order valence-electron chi connectivity index (χ3n) is 6.42. The first kappa shape index (κ1) is 11.6. The molecule has 6 atom stereocenters. The monoisotopic (exact) mass is 250 g/mol. The van der Waals surface area contributed by atoms with Gasteiger partial charge in [0.1, 0.15) is 0 Å². The molecule has 2 heterocycles. The van der Waals surface area contributed by atoms with Crippen molar-refractivity contribution in [3.8, 4) is 0 Å². The van der Waals surface area contributed by atoms with Crippen LogP contribution in [0.25, 0.3) is 0 Å². The molecule has 4 heteroatoms. The van der Waals surface area contributed by atoms with Crippen molar-refractivity contribution in [1.82, 2.24) is 9.80 Å². The molecule has 0 aromatic carbocycles. The van der Waals surface area contributed by atoms with E-state index in [1.807, 2.05) is 0 Å². The highest BCUT2D eigenvalue weighted by molar-refractivity contribution is 5.19. The molecule has 0 aromatic heterocycles. The molecule has 0 amide bonds. The summed E-state index contributed by atoms with van der Waals surface area (Å²) in [6.07, 6.45) is 1.32. The van der Waals surface area contributed by atoms with E-state index in [9.17, 15) is 0 Å². The van der Waals surface area contributed by atoms with Crippen molar-refractivity contribution in [3.63, 3.8) is 0 Å². The zero-order chi connectivity index (χ0) is 12.5. The van der Waals surface area contributed by atoms with Gasteiger partial charge in [0.15, 0.2) is 0 Å². The summed E-state index contributed by atoms with van der Waals surface area (Å²) in [5, 5.41) is 0. The summed E-state index contributed by atoms with van der Waals surface area (Å²) in [6.45, 7) is 7.21. The van der Waals surface area contributed by atoms with Crippen LogP contribution < -0.4 is 11.5 Å². The van der Waals surface area contributed by atoms with E-state index in [-0.39, 0.29) is 0 Å². The third-order valence-corrected chi connectivity index (χ3v) is 6.42. The van der Waals surface area contributed by atoms with Crippen molar-refractivity contribution in [2.75, 3.05) is 46.3 Å². The maximum atomic E-state index is 6.37. The normalized spacial score (nSPS) is 55.2. The highest BCUT2D eigenvalue weighted by atomic mass is 15.2. The average Bonchev–Trinajstić information content (AvgIpc) is 2.95. The van der Waals surface area contributed by atoms with Crippen LogP contribution in [0.15, 0.2) is 0 Å². The van der Waals surface area contributed by atoms with Crippen molar-refractivity contribution < 1.29 is 0 Å². The van der Waals surface area contributed by atoms with Gasteiger partial charge in [-0.2, -0.15) is 0 Å². The maximum Gasteiger partial charge on any atom is 0.0159 e. The summed E-state index contributed by atoms with van der Waals surface area (Å²) in [5.41, 5.74) is 12.6. The second-order valence-electron chi connectivity index (χ2n) is 7.30. The van der Waals surface area contributed by atoms with E-state index in [2.05, 4.69) is 16.8 Å². The molecule has 1 spiro atoms. The molecule has 0 radical (unpaired) electrons. The first-order valence-electron chi connectivity index (χ1n) is 7.52. The molecule has 2 aliphatic heterocycles. The number of nitrogens with two attached hydrogens (primary N) is 2. The van der Waals surface area contributed by atoms with Crippen LogP contribution in [0.2, 0.25) is 0 Å². The molecule has 4 rings (SSSR count). The van der Waals surface area contributed by atoms with Crippen molar-refractivity contribution in [1.29, 1.82) is 0 Å². The van der Waals surface area contributed by atoms with Crippen LogP contribution >= 0.6 is 0 Å². The lowest BCUT2D eigenvalue weighted by atomic mass is 10.0. The third kappa shape index (κ3) is 1.46. The number of nitrogens with zero attached hydrogens (tertiary/aromatic N) is 2. The van der Waals surface area contributed by atoms with Crippen molar-refractivity contribution in [3.05, 3.63) is 0 Å². The number of fused-ring (bicyclic) bond motifs is 1. The van der Waals surface area contributed by atoms with E-state index in [1.54, 1.807) is 0 Å². The molecule has 102 valence electrons. The van der Waals surface area contributed by atoms with Gasteiger partial charge in [-0.25, -0.2) is 0 Å². The van der Waals surface area contributed by atoms with Gasteiger partial charge >= 0.3 is 0 Å². The summed E-state index contributed by atoms with van der Waals surface area (Å²) in [4.78, 5) is 5.12. The Kier molecular flexibility index (Phi) is 2.39.